The Labute approximate surface area is 150 Å². The predicted octanol–water partition coefficient (Wildman–Crippen LogP) is 3.16. The molecule has 0 bridgehead atoms. The third kappa shape index (κ3) is 4.28. The molecule has 3 rings (SSSR count). The Morgan fingerprint density at radius 3 is 2.85 bits per heavy atom. The van der Waals surface area contributed by atoms with Crippen LogP contribution in [0.15, 0.2) is 28.7 Å². The van der Waals surface area contributed by atoms with Crippen molar-refractivity contribution in [1.82, 2.24) is 10.4 Å². The number of nitrogens with one attached hydrogen (secondary N) is 1. The highest BCUT2D eigenvalue weighted by atomic mass is 35.5. The predicted molar refractivity (Wildman–Crippen MR) is 85.4 cm³/mol. The number of rotatable bonds is 4. The number of fused-ring (bicyclic) bond motifs is 1. The van der Waals surface area contributed by atoms with Crippen LogP contribution in [0.4, 0.5) is 13.2 Å². The molecule has 1 amide bonds. The molecule has 1 unspecified atom stereocenters. The van der Waals surface area contributed by atoms with E-state index in [1.165, 1.54) is 0 Å². The van der Waals surface area contributed by atoms with E-state index in [0.717, 1.165) is 5.06 Å². The first-order valence-corrected chi connectivity index (χ1v) is 8.11. The summed E-state index contributed by atoms with van der Waals surface area (Å²) in [7, 11) is 0. The fraction of sp³-hybridized carbons (Fsp3) is 0.375. The van der Waals surface area contributed by atoms with Crippen molar-refractivity contribution >= 4 is 34.4 Å². The topological polar surface area (TPSA) is 71.8 Å². The van der Waals surface area contributed by atoms with Crippen LogP contribution in [0, 0.1) is 5.92 Å². The molecule has 26 heavy (non-hydrogen) atoms. The molecule has 1 atom stereocenters. The lowest BCUT2D eigenvalue weighted by Crippen LogP contribution is -2.35. The van der Waals surface area contributed by atoms with Gasteiger partial charge in [0.05, 0.1) is 0 Å². The van der Waals surface area contributed by atoms with Crippen molar-refractivity contribution in [3.63, 3.8) is 0 Å². The molecule has 1 aliphatic heterocycles. The normalized spacial score (nSPS) is 18.2. The number of carbonyl (C=O) groups excluding carboxylic acids is 2. The van der Waals surface area contributed by atoms with Gasteiger partial charge in [-0.1, -0.05) is 11.6 Å². The van der Waals surface area contributed by atoms with Crippen LogP contribution in [-0.4, -0.2) is 42.8 Å². The molecule has 140 valence electrons. The van der Waals surface area contributed by atoms with Crippen LogP contribution in [0.2, 0.25) is 5.02 Å². The maximum Gasteiger partial charge on any atom is 0.492 e. The summed E-state index contributed by atoms with van der Waals surface area (Å²) in [5.41, 5.74) is 0.519. The molecule has 1 aliphatic rings. The number of halogens is 4. The zero-order chi connectivity index (χ0) is 18.9. The molecule has 0 spiro atoms. The third-order valence-corrected chi connectivity index (χ3v) is 4.18. The summed E-state index contributed by atoms with van der Waals surface area (Å²) < 4.78 is 42.0. The molecule has 0 aliphatic carbocycles. The van der Waals surface area contributed by atoms with E-state index < -0.39 is 18.1 Å². The number of alkyl halides is 3. The van der Waals surface area contributed by atoms with Crippen molar-refractivity contribution in [1.29, 1.82) is 0 Å². The minimum absolute atomic E-state index is 0.109. The second-order valence-corrected chi connectivity index (χ2v) is 6.36. The van der Waals surface area contributed by atoms with E-state index in [4.69, 9.17) is 16.0 Å². The third-order valence-electron chi connectivity index (χ3n) is 3.95. The van der Waals surface area contributed by atoms with Gasteiger partial charge < -0.3 is 14.6 Å². The second-order valence-electron chi connectivity index (χ2n) is 5.92. The Morgan fingerprint density at radius 1 is 1.35 bits per heavy atom. The lowest BCUT2D eigenvalue weighted by molar-refractivity contribution is -0.235. The fourth-order valence-corrected chi connectivity index (χ4v) is 2.85. The minimum Gasteiger partial charge on any atom is -0.451 e. The summed E-state index contributed by atoms with van der Waals surface area (Å²) in [6, 6.07) is 6.52. The number of hydroxylamine groups is 2. The van der Waals surface area contributed by atoms with E-state index in [9.17, 15) is 22.8 Å². The van der Waals surface area contributed by atoms with Crippen LogP contribution in [0.1, 0.15) is 17.0 Å². The van der Waals surface area contributed by atoms with Crippen molar-refractivity contribution in [2.24, 2.45) is 5.92 Å². The Hall–Kier alpha value is -2.26. The molecular weight excluding hydrogens is 377 g/mol. The first-order chi connectivity index (χ1) is 12.2. The Morgan fingerprint density at radius 2 is 2.12 bits per heavy atom. The van der Waals surface area contributed by atoms with Crippen LogP contribution in [0.3, 0.4) is 0 Å². The fourth-order valence-electron chi connectivity index (χ4n) is 2.67. The smallest absolute Gasteiger partial charge is 0.451 e. The van der Waals surface area contributed by atoms with E-state index in [1.54, 1.807) is 24.3 Å². The zero-order valence-corrected chi connectivity index (χ0v) is 14.1. The van der Waals surface area contributed by atoms with Gasteiger partial charge in [-0.3, -0.25) is 4.79 Å². The highest BCUT2D eigenvalue weighted by molar-refractivity contribution is 6.31. The highest BCUT2D eigenvalue weighted by Crippen LogP contribution is 2.24. The largest absolute Gasteiger partial charge is 0.492 e. The molecule has 2 heterocycles. The molecular formula is C16H14ClF3N2O4. The average molecular weight is 391 g/mol. The van der Waals surface area contributed by atoms with Crippen molar-refractivity contribution in [2.75, 3.05) is 19.6 Å². The maximum atomic E-state index is 12.2. The van der Waals surface area contributed by atoms with E-state index >= 15 is 0 Å². The van der Waals surface area contributed by atoms with Gasteiger partial charge in [0.15, 0.2) is 5.76 Å². The number of amides is 1. The summed E-state index contributed by atoms with van der Waals surface area (Å²) in [4.78, 5) is 27.2. The Balaban J connectivity index is 1.51. The van der Waals surface area contributed by atoms with Gasteiger partial charge in [0.1, 0.15) is 5.58 Å². The minimum atomic E-state index is -5.03. The molecule has 1 aromatic heterocycles. The van der Waals surface area contributed by atoms with E-state index in [1.807, 2.05) is 0 Å². The molecule has 1 aromatic carbocycles. The first-order valence-electron chi connectivity index (χ1n) is 7.74. The van der Waals surface area contributed by atoms with Crippen LogP contribution in [0.25, 0.3) is 11.0 Å². The molecule has 0 saturated carbocycles. The van der Waals surface area contributed by atoms with Gasteiger partial charge in [-0.25, -0.2) is 4.79 Å². The molecule has 0 radical (unpaired) electrons. The summed E-state index contributed by atoms with van der Waals surface area (Å²) in [6.45, 7) is 0.500. The zero-order valence-electron chi connectivity index (χ0n) is 13.3. The average Bonchev–Trinajstić information content (AvgIpc) is 3.17. The molecule has 6 nitrogen and oxygen atoms in total. The standard InChI is InChI=1S/C16H14ClF3N2O4/c17-11-1-2-12-10(5-11)6-13(25-12)14(23)21-7-9-3-4-22(8-9)26-15(24)16(18,19)20/h1-2,5-6,9H,3-4,7-8H2,(H,21,23). The molecule has 1 N–H and O–H groups in total. The van der Waals surface area contributed by atoms with Gasteiger partial charge >= 0.3 is 12.1 Å². The summed E-state index contributed by atoms with van der Waals surface area (Å²) in [6.07, 6.45) is -4.54. The number of hydrogen-bond acceptors (Lipinski definition) is 5. The number of carbonyl (C=O) groups is 2. The number of benzene rings is 1. The molecule has 1 saturated heterocycles. The number of furan rings is 1. The van der Waals surface area contributed by atoms with Crippen LogP contribution < -0.4 is 5.32 Å². The Bertz CT molecular complexity index is 836. The summed E-state index contributed by atoms with van der Waals surface area (Å²) in [5, 5.41) is 4.83. The van der Waals surface area contributed by atoms with Gasteiger partial charge in [-0.15, -0.1) is 5.06 Å². The lowest BCUT2D eigenvalue weighted by atomic mass is 10.1. The number of nitrogens with zero attached hydrogens (tertiary/aromatic N) is 1. The number of hydrogen-bond donors (Lipinski definition) is 1. The summed E-state index contributed by atoms with van der Waals surface area (Å²) >= 11 is 5.88. The van der Waals surface area contributed by atoms with E-state index in [-0.39, 0.29) is 31.3 Å². The van der Waals surface area contributed by atoms with Gasteiger partial charge in [0.2, 0.25) is 0 Å². The van der Waals surface area contributed by atoms with Crippen molar-refractivity contribution in [2.45, 2.75) is 12.6 Å². The van der Waals surface area contributed by atoms with Gasteiger partial charge in [-0.05, 0) is 36.6 Å². The van der Waals surface area contributed by atoms with Crippen molar-refractivity contribution in [3.05, 3.63) is 35.0 Å². The van der Waals surface area contributed by atoms with Crippen molar-refractivity contribution < 1.29 is 32.0 Å². The molecule has 2 aromatic rings. The molecule has 1 fully saturated rings. The maximum absolute atomic E-state index is 12.2. The molecule has 10 heteroatoms. The van der Waals surface area contributed by atoms with E-state index in [0.29, 0.717) is 22.4 Å². The summed E-state index contributed by atoms with van der Waals surface area (Å²) in [5.74, 6) is -2.72. The monoisotopic (exact) mass is 390 g/mol. The van der Waals surface area contributed by atoms with E-state index in [2.05, 4.69) is 10.2 Å². The first kappa shape index (κ1) is 18.5. The van der Waals surface area contributed by atoms with Crippen molar-refractivity contribution in [3.8, 4) is 0 Å². The Kier molecular flexibility index (Phi) is 5.10. The quantitative estimate of drug-likeness (QED) is 0.868. The van der Waals surface area contributed by atoms with Gasteiger partial charge in [-0.2, -0.15) is 13.2 Å². The second kappa shape index (κ2) is 7.16. The lowest BCUT2D eigenvalue weighted by Gasteiger charge is -2.16. The van der Waals surface area contributed by atoms with Gasteiger partial charge in [0.25, 0.3) is 5.91 Å². The van der Waals surface area contributed by atoms with Crippen LogP contribution >= 0.6 is 11.6 Å². The van der Waals surface area contributed by atoms with Crippen LogP contribution in [0.5, 0.6) is 0 Å². The van der Waals surface area contributed by atoms with Gasteiger partial charge in [0, 0.05) is 30.0 Å². The highest BCUT2D eigenvalue weighted by Gasteiger charge is 2.43. The van der Waals surface area contributed by atoms with Crippen LogP contribution in [-0.2, 0) is 9.63 Å². The SMILES string of the molecule is O=C(NCC1CCN(OC(=O)C(F)(F)F)C1)c1cc2cc(Cl)ccc2o1.